The minimum atomic E-state index is 0. The molecule has 0 bridgehead atoms. The molecule has 12 rings (SSSR count). The van der Waals surface area contributed by atoms with Crippen molar-refractivity contribution in [3.05, 3.63) is 172 Å². The number of thiophene rings is 4. The Labute approximate surface area is 711 Å². The van der Waals surface area contributed by atoms with Crippen LogP contribution in [0.1, 0.15) is 129 Å². The Morgan fingerprint density at radius 3 is 0.596 bits per heavy atom. The van der Waals surface area contributed by atoms with E-state index in [4.69, 9.17) is 21.0 Å². The first-order valence-electron chi connectivity index (χ1n) is 32.3. The van der Waals surface area contributed by atoms with Crippen LogP contribution in [-0.2, 0) is 134 Å². The summed E-state index contributed by atoms with van der Waals surface area (Å²) in [6.45, 7) is 14.4. The van der Waals surface area contributed by atoms with Crippen LogP contribution in [0.2, 0.25) is 0 Å². The van der Waals surface area contributed by atoms with Gasteiger partial charge in [-0.15, -0.1) is 144 Å². The normalized spacial score (nSPS) is 16.1. The van der Waals surface area contributed by atoms with Gasteiger partial charge in [0.1, 0.15) is 0 Å². The fourth-order valence-electron chi connectivity index (χ4n) is 10.0. The maximum absolute atomic E-state index is 7.13. The maximum Gasteiger partial charge on any atom is 0.0785 e. The molecule has 104 heavy (non-hydrogen) atoms. The van der Waals surface area contributed by atoms with Crippen molar-refractivity contribution in [3.8, 4) is 116 Å². The SMILES string of the molecule is C(#CC1CC[N-]CC1)c1ccc(C#CC2CC[N-]CC2)s1.C(#CC1CC[N-]CC1)c1ccc(C#CC2CC[N-]CC2)s1.C(#CC1CC[N-]CC1)c1ccc(C#CC2CC[N-]CC2)s1.C(#Cc1ccc(C#CC2CC[N-]CC2)s1)C1=CC[N-]C=C1.N#C[S-].N#C[S-].N#C[S-].N#C[S-].[Co].[Co].[Co].[Co].[Co].[NH2-].[NH2-].[NH2-]. The van der Waals surface area contributed by atoms with Crippen LogP contribution in [0.15, 0.2) is 72.5 Å². The summed E-state index contributed by atoms with van der Waals surface area (Å²) in [6.07, 6.45) is 21.5. The van der Waals surface area contributed by atoms with Crippen LogP contribution >= 0.6 is 45.3 Å². The number of hydrogen-bond donors (Lipinski definition) is 0. The van der Waals surface area contributed by atoms with Gasteiger partial charge in [-0.3, -0.25) is 0 Å². The van der Waals surface area contributed by atoms with Gasteiger partial charge >= 0.3 is 0 Å². The number of nitrogens with two attached hydrogens (primary N) is 3. The van der Waals surface area contributed by atoms with Crippen LogP contribution in [-0.4, -0.2) is 98.2 Å². The molecular formula is C76H82Co5N15S8-15. The Balaban J connectivity index is -0.000000594. The van der Waals surface area contributed by atoms with Gasteiger partial charge in [0.25, 0.3) is 0 Å². The van der Waals surface area contributed by atoms with Gasteiger partial charge in [-0.25, -0.2) is 21.0 Å². The van der Waals surface area contributed by atoms with E-state index in [0.29, 0.717) is 41.4 Å². The van der Waals surface area contributed by atoms with E-state index in [0.717, 1.165) is 233 Å². The first kappa shape index (κ1) is 106. The summed E-state index contributed by atoms with van der Waals surface area (Å²) in [4.78, 5) is 9.00. The minimum Gasteiger partial charge on any atom is -0.696 e. The van der Waals surface area contributed by atoms with Crippen LogP contribution in [0.5, 0.6) is 0 Å². The summed E-state index contributed by atoms with van der Waals surface area (Å²) < 4.78 is 0. The second kappa shape index (κ2) is 70.2. The van der Waals surface area contributed by atoms with Gasteiger partial charge < -0.3 is 112 Å². The molecule has 0 spiro atoms. The molecule has 15 nitrogen and oxygen atoms in total. The summed E-state index contributed by atoms with van der Waals surface area (Å²) in [5.41, 5.74) is 1.04. The molecule has 7 saturated heterocycles. The van der Waals surface area contributed by atoms with Crippen LogP contribution < -0.4 is 0 Å². The third-order valence-electron chi connectivity index (χ3n) is 15.2. The van der Waals surface area contributed by atoms with Gasteiger partial charge in [0.15, 0.2) is 0 Å². The molecule has 0 aliphatic carbocycles. The zero-order chi connectivity index (χ0) is 68.1. The predicted molar refractivity (Wildman–Crippen MR) is 426 cm³/mol. The molecule has 5 radical (unpaired) electrons. The fourth-order valence-corrected chi connectivity index (χ4v) is 12.9. The molecule has 0 amide bonds. The fraction of sp³-hybridized carbons (Fsp3) is 0.474. The number of thiocyanates is 4. The number of nitrogens with zero attached hydrogens (tertiary/aromatic N) is 12. The molecule has 7 fully saturated rings. The zero-order valence-electron chi connectivity index (χ0n) is 57.4. The average Bonchev–Trinajstić information content (AvgIpc) is 1.80. The van der Waals surface area contributed by atoms with Gasteiger partial charge in [0, 0.05) is 131 Å². The molecule has 0 atom stereocenters. The monoisotopic (exact) mass is 1760 g/mol. The van der Waals surface area contributed by atoms with E-state index in [1.165, 1.54) is 21.6 Å². The molecule has 0 unspecified atom stereocenters. The summed E-state index contributed by atoms with van der Waals surface area (Å²) >= 11 is 21.6. The largest absolute Gasteiger partial charge is 0.696 e. The van der Waals surface area contributed by atoms with E-state index in [-0.39, 0.29) is 102 Å². The Hall–Kier alpha value is -4.47. The standard InChI is InChI=1S/3C18H20N2S.C18H16N2S.4CHNS.5Co.3H2N/c4*1(15-7-11-19-12-8-15)3-17-5-6-18(21-17)4-2-16-9-13-20-14-10-16;4*2-1-3;;;;;;;;/h3*5-6,15-16H,7-14H2;5-8,11,16H,9-10,12-14H2;4*3H;;;;;;3*1H2/q4*-2;;;;;;;;;;3*-1/p-4. The minimum absolute atomic E-state index is 0. The van der Waals surface area contributed by atoms with E-state index >= 15 is 0 Å². The van der Waals surface area contributed by atoms with Crippen LogP contribution in [0, 0.1) is 179 Å². The Morgan fingerprint density at radius 1 is 0.279 bits per heavy atom. The molecule has 8 aliphatic rings. The maximum atomic E-state index is 7.13. The molecule has 569 valence electrons. The van der Waals surface area contributed by atoms with Gasteiger partial charge in [-0.05, 0) is 48.5 Å². The molecule has 12 heterocycles. The number of allylic oxidation sites excluding steroid dienone is 2. The molecule has 8 aliphatic heterocycles. The van der Waals surface area contributed by atoms with Gasteiger partial charge in [-0.2, -0.15) is 6.20 Å². The first-order chi connectivity index (χ1) is 47.3. The summed E-state index contributed by atoms with van der Waals surface area (Å²) in [5, 5.41) is 68.5. The van der Waals surface area contributed by atoms with Crippen molar-refractivity contribution in [2.45, 2.75) is 89.9 Å². The number of piperidine rings is 7. The second-order valence-corrected chi connectivity index (χ2v) is 27.2. The van der Waals surface area contributed by atoms with Crippen molar-refractivity contribution in [2.24, 2.45) is 41.4 Å². The summed E-state index contributed by atoms with van der Waals surface area (Å²) in [5.74, 6) is 57.0. The number of hydrogen-bond acceptors (Lipinski definition) is 12. The molecule has 6 N–H and O–H groups in total. The Morgan fingerprint density at radius 2 is 0.442 bits per heavy atom. The van der Waals surface area contributed by atoms with Crippen LogP contribution in [0.25, 0.3) is 61.0 Å². The van der Waals surface area contributed by atoms with E-state index in [1.54, 1.807) is 45.3 Å². The second-order valence-electron chi connectivity index (χ2n) is 22.1. The first-order valence-corrected chi connectivity index (χ1v) is 37.2. The molecule has 4 aromatic heterocycles. The van der Waals surface area contributed by atoms with Crippen molar-refractivity contribution in [2.75, 3.05) is 98.2 Å². The topological polar surface area (TPSA) is 308 Å². The van der Waals surface area contributed by atoms with Crippen molar-refractivity contribution in [3.63, 3.8) is 0 Å². The van der Waals surface area contributed by atoms with E-state index in [1.807, 2.05) is 18.4 Å². The van der Waals surface area contributed by atoms with Crippen LogP contribution in [0.3, 0.4) is 0 Å². The van der Waals surface area contributed by atoms with E-state index in [2.05, 4.69) is 236 Å². The number of nitriles is 4. The van der Waals surface area contributed by atoms with Crippen LogP contribution in [0.4, 0.5) is 0 Å². The zero-order valence-corrected chi connectivity index (χ0v) is 69.2. The van der Waals surface area contributed by atoms with E-state index < -0.39 is 0 Å². The molecule has 0 saturated carbocycles. The molecular weight excluding hydrogens is 1670 g/mol. The third-order valence-corrected chi connectivity index (χ3v) is 18.9. The van der Waals surface area contributed by atoms with Crippen molar-refractivity contribution < 1.29 is 83.9 Å². The average molecular weight is 1760 g/mol. The summed E-state index contributed by atoms with van der Waals surface area (Å²) in [7, 11) is 0. The Bertz CT molecular complexity index is 3280. The smallest absolute Gasteiger partial charge is 0.0785 e. The predicted octanol–water partition coefficient (Wildman–Crippen LogP) is 18.3. The van der Waals surface area contributed by atoms with Gasteiger partial charge in [-0.1, -0.05) is 218 Å². The van der Waals surface area contributed by atoms with Gasteiger partial charge in [0.05, 0.1) is 39.0 Å². The third kappa shape index (κ3) is 49.5. The van der Waals surface area contributed by atoms with Gasteiger partial charge in [0.2, 0.25) is 0 Å². The Kier molecular flexibility index (Phi) is 71.5. The van der Waals surface area contributed by atoms with Crippen molar-refractivity contribution in [1.82, 2.24) is 0 Å². The quantitative estimate of drug-likeness (QED) is 0.0923. The van der Waals surface area contributed by atoms with E-state index in [9.17, 15) is 0 Å². The van der Waals surface area contributed by atoms with Crippen molar-refractivity contribution in [1.29, 1.82) is 21.0 Å². The van der Waals surface area contributed by atoms with Crippen molar-refractivity contribution >= 4 is 95.9 Å². The molecule has 0 aromatic carbocycles. The number of rotatable bonds is 0. The molecule has 28 heteroatoms. The summed E-state index contributed by atoms with van der Waals surface area (Å²) in [6, 6.07) is 16.7. The molecule has 4 aromatic rings.